The molecule has 21 heavy (non-hydrogen) atoms. The summed E-state index contributed by atoms with van der Waals surface area (Å²) in [6.07, 6.45) is 0.747. The molecule has 112 valence electrons. The van der Waals surface area contributed by atoms with Gasteiger partial charge in [-0.05, 0) is 37.2 Å². The van der Waals surface area contributed by atoms with Crippen LogP contribution < -0.4 is 5.32 Å². The summed E-state index contributed by atoms with van der Waals surface area (Å²) in [6, 6.07) is 12.6. The summed E-state index contributed by atoms with van der Waals surface area (Å²) in [5.74, 6) is 0.568. The van der Waals surface area contributed by atoms with Crippen LogP contribution in [0.15, 0.2) is 47.4 Å². The van der Waals surface area contributed by atoms with Gasteiger partial charge >= 0.3 is 0 Å². The summed E-state index contributed by atoms with van der Waals surface area (Å²) >= 11 is 13.7. The molecule has 1 atom stereocenters. The first-order valence-electron chi connectivity index (χ1n) is 6.59. The van der Waals surface area contributed by atoms with Crippen molar-refractivity contribution in [1.29, 1.82) is 0 Å². The highest BCUT2D eigenvalue weighted by molar-refractivity contribution is 7.99. The Balaban J connectivity index is 2.01. The van der Waals surface area contributed by atoms with Crippen LogP contribution in [0.4, 0.5) is 4.39 Å². The van der Waals surface area contributed by atoms with Crippen molar-refractivity contribution in [1.82, 2.24) is 5.32 Å². The number of rotatable bonds is 6. The van der Waals surface area contributed by atoms with Crippen LogP contribution in [0.3, 0.4) is 0 Å². The number of hydrogen-bond acceptors (Lipinski definition) is 2. The van der Waals surface area contributed by atoms with Crippen LogP contribution in [0.25, 0.3) is 0 Å². The Morgan fingerprint density at radius 2 is 1.90 bits per heavy atom. The van der Waals surface area contributed by atoms with Crippen LogP contribution in [-0.4, -0.2) is 18.8 Å². The Morgan fingerprint density at radius 3 is 2.62 bits per heavy atom. The van der Waals surface area contributed by atoms with Gasteiger partial charge in [-0.25, -0.2) is 4.39 Å². The van der Waals surface area contributed by atoms with Gasteiger partial charge in [-0.3, -0.25) is 0 Å². The summed E-state index contributed by atoms with van der Waals surface area (Å²) in [6.45, 7) is 0. The average molecular weight is 344 g/mol. The zero-order chi connectivity index (χ0) is 15.2. The lowest BCUT2D eigenvalue weighted by Gasteiger charge is -2.17. The predicted molar refractivity (Wildman–Crippen MR) is 90.1 cm³/mol. The molecule has 5 heteroatoms. The van der Waals surface area contributed by atoms with Crippen molar-refractivity contribution in [2.45, 2.75) is 17.4 Å². The summed E-state index contributed by atoms with van der Waals surface area (Å²) in [7, 11) is 1.89. The standard InChI is InChI=1S/C16H16Cl2FNS/c1-20-12(9-11-5-4-6-13(17)16(11)18)10-21-15-8-3-2-7-14(15)19/h2-8,12,20H,9-10H2,1H3. The predicted octanol–water partition coefficient (Wildman–Crippen LogP) is 5.06. The molecule has 0 aromatic heterocycles. The number of likely N-dealkylation sites (N-methyl/N-ethyl adjacent to an activating group) is 1. The monoisotopic (exact) mass is 343 g/mol. The first-order chi connectivity index (χ1) is 10.1. The van der Waals surface area contributed by atoms with E-state index in [0.717, 1.165) is 17.7 Å². The topological polar surface area (TPSA) is 12.0 Å². The van der Waals surface area contributed by atoms with E-state index in [1.54, 1.807) is 18.2 Å². The molecule has 2 rings (SSSR count). The van der Waals surface area contributed by atoms with Crippen LogP contribution in [0.2, 0.25) is 10.0 Å². The molecule has 0 saturated carbocycles. The normalized spacial score (nSPS) is 12.4. The highest BCUT2D eigenvalue weighted by atomic mass is 35.5. The van der Waals surface area contributed by atoms with Gasteiger partial charge in [-0.2, -0.15) is 0 Å². The number of benzene rings is 2. The quantitative estimate of drug-likeness (QED) is 0.736. The summed E-state index contributed by atoms with van der Waals surface area (Å²) in [5.41, 5.74) is 0.998. The van der Waals surface area contributed by atoms with Crippen molar-refractivity contribution in [2.24, 2.45) is 0 Å². The fraction of sp³-hybridized carbons (Fsp3) is 0.250. The van der Waals surface area contributed by atoms with Crippen LogP contribution >= 0.6 is 35.0 Å². The molecule has 0 amide bonds. The van der Waals surface area contributed by atoms with E-state index in [9.17, 15) is 4.39 Å². The van der Waals surface area contributed by atoms with E-state index in [2.05, 4.69) is 5.32 Å². The van der Waals surface area contributed by atoms with Crippen LogP contribution in [0.5, 0.6) is 0 Å². The van der Waals surface area contributed by atoms with E-state index in [0.29, 0.717) is 14.9 Å². The van der Waals surface area contributed by atoms with Crippen molar-refractivity contribution >= 4 is 35.0 Å². The molecule has 0 aliphatic carbocycles. The van der Waals surface area contributed by atoms with Crippen molar-refractivity contribution in [3.8, 4) is 0 Å². The van der Waals surface area contributed by atoms with Gasteiger partial charge in [0.25, 0.3) is 0 Å². The van der Waals surface area contributed by atoms with Crippen LogP contribution in [0.1, 0.15) is 5.56 Å². The second-order valence-electron chi connectivity index (χ2n) is 4.64. The molecular formula is C16H16Cl2FNS. The third kappa shape index (κ3) is 4.62. The van der Waals surface area contributed by atoms with Gasteiger partial charge < -0.3 is 5.32 Å². The summed E-state index contributed by atoms with van der Waals surface area (Å²) in [4.78, 5) is 0.662. The van der Waals surface area contributed by atoms with E-state index in [4.69, 9.17) is 23.2 Å². The Hall–Kier alpha value is -0.740. The van der Waals surface area contributed by atoms with E-state index >= 15 is 0 Å². The lowest BCUT2D eigenvalue weighted by Crippen LogP contribution is -2.30. The van der Waals surface area contributed by atoms with Gasteiger partial charge in [0.15, 0.2) is 0 Å². The molecule has 1 nitrogen and oxygen atoms in total. The van der Waals surface area contributed by atoms with Gasteiger partial charge in [0.2, 0.25) is 0 Å². The Labute approximate surface area is 138 Å². The number of hydrogen-bond donors (Lipinski definition) is 1. The molecule has 0 bridgehead atoms. The highest BCUT2D eigenvalue weighted by Gasteiger charge is 2.13. The summed E-state index contributed by atoms with van der Waals surface area (Å²) < 4.78 is 13.6. The van der Waals surface area contributed by atoms with E-state index < -0.39 is 0 Å². The van der Waals surface area contributed by atoms with Gasteiger partial charge in [0.1, 0.15) is 5.82 Å². The molecule has 2 aromatic carbocycles. The molecule has 0 saturated heterocycles. The Bertz CT molecular complexity index is 607. The van der Waals surface area contributed by atoms with Gasteiger partial charge in [-0.1, -0.05) is 47.5 Å². The minimum Gasteiger partial charge on any atom is -0.316 e. The van der Waals surface area contributed by atoms with Crippen molar-refractivity contribution in [3.05, 3.63) is 63.9 Å². The maximum absolute atomic E-state index is 13.6. The molecule has 1 N–H and O–H groups in total. The van der Waals surface area contributed by atoms with Gasteiger partial charge in [0.05, 0.1) is 10.0 Å². The zero-order valence-electron chi connectivity index (χ0n) is 11.6. The van der Waals surface area contributed by atoms with Crippen molar-refractivity contribution < 1.29 is 4.39 Å². The van der Waals surface area contributed by atoms with E-state index in [-0.39, 0.29) is 11.9 Å². The molecular weight excluding hydrogens is 328 g/mol. The molecule has 2 aromatic rings. The number of halogens is 3. The number of thioether (sulfide) groups is 1. The van der Waals surface area contributed by atoms with E-state index in [1.807, 2.05) is 25.2 Å². The fourth-order valence-electron chi connectivity index (χ4n) is 1.97. The lowest BCUT2D eigenvalue weighted by atomic mass is 10.1. The van der Waals surface area contributed by atoms with Crippen LogP contribution in [0, 0.1) is 5.82 Å². The van der Waals surface area contributed by atoms with Gasteiger partial charge in [-0.15, -0.1) is 11.8 Å². The maximum Gasteiger partial charge on any atom is 0.136 e. The second kappa shape index (κ2) is 8.04. The molecule has 1 unspecified atom stereocenters. The maximum atomic E-state index is 13.6. The molecule has 0 fully saturated rings. The molecule has 0 spiro atoms. The van der Waals surface area contributed by atoms with Crippen molar-refractivity contribution in [2.75, 3.05) is 12.8 Å². The molecule has 0 aliphatic heterocycles. The minimum atomic E-state index is -0.182. The van der Waals surface area contributed by atoms with Crippen molar-refractivity contribution in [3.63, 3.8) is 0 Å². The average Bonchev–Trinajstić information content (AvgIpc) is 2.49. The zero-order valence-corrected chi connectivity index (χ0v) is 13.9. The summed E-state index contributed by atoms with van der Waals surface area (Å²) in [5, 5.41) is 4.40. The van der Waals surface area contributed by atoms with Crippen LogP contribution in [-0.2, 0) is 6.42 Å². The SMILES string of the molecule is CNC(CSc1ccccc1F)Cc1cccc(Cl)c1Cl. The Kier molecular flexibility index (Phi) is 6.37. The highest BCUT2D eigenvalue weighted by Crippen LogP contribution is 2.28. The minimum absolute atomic E-state index is 0.182. The second-order valence-corrected chi connectivity index (χ2v) is 6.49. The Morgan fingerprint density at radius 1 is 1.14 bits per heavy atom. The number of nitrogens with one attached hydrogen (secondary N) is 1. The smallest absolute Gasteiger partial charge is 0.136 e. The molecule has 0 heterocycles. The lowest BCUT2D eigenvalue weighted by molar-refractivity contribution is 0.598. The first-order valence-corrected chi connectivity index (χ1v) is 8.33. The van der Waals surface area contributed by atoms with E-state index in [1.165, 1.54) is 17.8 Å². The third-order valence-electron chi connectivity index (χ3n) is 3.18. The largest absolute Gasteiger partial charge is 0.316 e. The molecule has 0 aliphatic rings. The molecule has 0 radical (unpaired) electrons. The van der Waals surface area contributed by atoms with Gasteiger partial charge in [0, 0.05) is 16.7 Å². The fourth-order valence-corrected chi connectivity index (χ4v) is 3.41. The third-order valence-corrected chi connectivity index (χ3v) is 5.25. The first kappa shape index (κ1) is 16.6.